The average molecular weight is 288 g/mol. The Morgan fingerprint density at radius 1 is 1.53 bits per heavy atom. The van der Waals surface area contributed by atoms with Gasteiger partial charge in [0.05, 0.1) is 0 Å². The number of rotatable bonds is 3. The predicted octanol–water partition coefficient (Wildman–Crippen LogP) is 2.87. The third-order valence-electron chi connectivity index (χ3n) is 1.97. The van der Waals surface area contributed by atoms with Crippen LogP contribution in [-0.2, 0) is 14.9 Å². The van der Waals surface area contributed by atoms with E-state index in [4.69, 9.17) is 11.6 Å². The molecule has 1 rings (SSSR count). The van der Waals surface area contributed by atoms with E-state index in [2.05, 4.69) is 15.9 Å². The molecule has 0 spiro atoms. The van der Waals surface area contributed by atoms with Gasteiger partial charge in [0.1, 0.15) is 11.5 Å². The highest BCUT2D eigenvalue weighted by atomic mass is 79.9. The summed E-state index contributed by atoms with van der Waals surface area (Å²) in [6, 6.07) is 5.41. The minimum atomic E-state index is -0.781. The van der Waals surface area contributed by atoms with Crippen molar-refractivity contribution in [1.29, 1.82) is 0 Å². The monoisotopic (exact) mass is 286 g/mol. The molecular formula is C11H8BrClO2. The molecule has 1 aromatic rings. The Labute approximate surface area is 101 Å². The second kappa shape index (κ2) is 5.26. The highest BCUT2D eigenvalue weighted by molar-refractivity contribution is 9.08. The summed E-state index contributed by atoms with van der Waals surface area (Å²) in [7, 11) is 0. The molecule has 0 unspecified atom stereocenters. The topological polar surface area (TPSA) is 34.1 Å². The molecule has 1 aromatic carbocycles. The molecule has 0 aliphatic carbocycles. The van der Waals surface area contributed by atoms with Gasteiger partial charge in [-0.3, -0.25) is 4.79 Å². The van der Waals surface area contributed by atoms with Gasteiger partial charge >= 0.3 is 0 Å². The quantitative estimate of drug-likeness (QED) is 0.371. The van der Waals surface area contributed by atoms with Gasteiger partial charge in [0.15, 0.2) is 0 Å². The molecule has 0 aromatic heterocycles. The van der Waals surface area contributed by atoms with Crippen LogP contribution in [0, 0.1) is 6.92 Å². The first-order chi connectivity index (χ1) is 7.10. The predicted molar refractivity (Wildman–Crippen MR) is 63.8 cm³/mol. The number of aryl methyl sites for hydroxylation is 1. The SMILES string of the molecule is Cc1ccc(C(=C=O)C(=O)Cl)c(CBr)c1. The number of allylic oxidation sites excluding steroid dienone is 1. The molecule has 78 valence electrons. The molecule has 0 saturated heterocycles. The van der Waals surface area contributed by atoms with Gasteiger partial charge < -0.3 is 0 Å². The summed E-state index contributed by atoms with van der Waals surface area (Å²) in [5.74, 6) is 1.58. The maximum atomic E-state index is 11.0. The molecular weight excluding hydrogens is 279 g/mol. The fourth-order valence-electron chi connectivity index (χ4n) is 1.28. The third kappa shape index (κ3) is 2.78. The number of halogens is 2. The Kier molecular flexibility index (Phi) is 4.28. The summed E-state index contributed by atoms with van der Waals surface area (Å²) in [5.41, 5.74) is 2.32. The minimum Gasteiger partial charge on any atom is -0.275 e. The van der Waals surface area contributed by atoms with E-state index in [0.717, 1.165) is 11.1 Å². The number of hydrogen-bond acceptors (Lipinski definition) is 2. The summed E-state index contributed by atoms with van der Waals surface area (Å²) >= 11 is 8.59. The minimum absolute atomic E-state index is 0.119. The maximum absolute atomic E-state index is 11.0. The largest absolute Gasteiger partial charge is 0.275 e. The Balaban J connectivity index is 3.36. The van der Waals surface area contributed by atoms with E-state index in [1.807, 2.05) is 19.1 Å². The summed E-state index contributed by atoms with van der Waals surface area (Å²) < 4.78 is 0. The molecule has 4 heteroatoms. The Morgan fingerprint density at radius 2 is 2.20 bits per heavy atom. The van der Waals surface area contributed by atoms with Crippen molar-refractivity contribution in [3.8, 4) is 0 Å². The second-order valence-electron chi connectivity index (χ2n) is 3.04. The van der Waals surface area contributed by atoms with Crippen LogP contribution in [0.15, 0.2) is 18.2 Å². The lowest BCUT2D eigenvalue weighted by Crippen LogP contribution is -1.98. The zero-order valence-electron chi connectivity index (χ0n) is 8.01. The Hall–Kier alpha value is -0.890. The fourth-order valence-corrected chi connectivity index (χ4v) is 1.88. The first kappa shape index (κ1) is 12.2. The molecule has 0 amide bonds. The van der Waals surface area contributed by atoms with E-state index in [-0.39, 0.29) is 5.57 Å². The van der Waals surface area contributed by atoms with Crippen molar-refractivity contribution in [3.05, 3.63) is 34.9 Å². The van der Waals surface area contributed by atoms with Gasteiger partial charge in [-0.25, -0.2) is 4.79 Å². The first-order valence-electron chi connectivity index (χ1n) is 4.21. The number of carbonyl (C=O) groups is 1. The number of alkyl halides is 1. The van der Waals surface area contributed by atoms with Crippen LogP contribution in [0.5, 0.6) is 0 Å². The molecule has 2 nitrogen and oxygen atoms in total. The van der Waals surface area contributed by atoms with Gasteiger partial charge in [-0.1, -0.05) is 39.7 Å². The van der Waals surface area contributed by atoms with Crippen molar-refractivity contribution >= 4 is 44.3 Å². The first-order valence-corrected chi connectivity index (χ1v) is 5.71. The molecule has 0 N–H and O–H groups in total. The van der Waals surface area contributed by atoms with Crippen molar-refractivity contribution in [2.75, 3.05) is 0 Å². The lowest BCUT2D eigenvalue weighted by Gasteiger charge is -2.06. The van der Waals surface area contributed by atoms with E-state index in [9.17, 15) is 9.59 Å². The van der Waals surface area contributed by atoms with Crippen molar-refractivity contribution in [2.24, 2.45) is 0 Å². The van der Waals surface area contributed by atoms with Gasteiger partial charge in [0.25, 0.3) is 5.24 Å². The van der Waals surface area contributed by atoms with E-state index in [1.54, 1.807) is 12.0 Å². The average Bonchev–Trinajstić information content (AvgIpc) is 2.20. The Morgan fingerprint density at radius 3 is 2.67 bits per heavy atom. The van der Waals surface area contributed by atoms with Crippen LogP contribution in [-0.4, -0.2) is 11.2 Å². The summed E-state index contributed by atoms with van der Waals surface area (Å²) in [6.07, 6.45) is 0. The summed E-state index contributed by atoms with van der Waals surface area (Å²) in [5, 5.41) is -0.227. The van der Waals surface area contributed by atoms with Crippen LogP contribution < -0.4 is 0 Å². The van der Waals surface area contributed by atoms with Crippen molar-refractivity contribution in [2.45, 2.75) is 12.3 Å². The maximum Gasteiger partial charge on any atom is 0.264 e. The van der Waals surface area contributed by atoms with Crippen molar-refractivity contribution in [1.82, 2.24) is 0 Å². The molecule has 0 aliphatic heterocycles. The second-order valence-corrected chi connectivity index (χ2v) is 3.95. The zero-order chi connectivity index (χ0) is 11.4. The van der Waals surface area contributed by atoms with E-state index in [1.165, 1.54) is 0 Å². The van der Waals surface area contributed by atoms with Crippen LogP contribution in [0.2, 0.25) is 0 Å². The van der Waals surface area contributed by atoms with Gasteiger partial charge in [-0.15, -0.1) is 0 Å². The molecule has 0 fully saturated rings. The number of hydrogen-bond donors (Lipinski definition) is 0. The van der Waals surface area contributed by atoms with E-state index < -0.39 is 5.24 Å². The van der Waals surface area contributed by atoms with Crippen LogP contribution in [0.1, 0.15) is 16.7 Å². The highest BCUT2D eigenvalue weighted by Crippen LogP contribution is 2.22. The van der Waals surface area contributed by atoms with Crippen molar-refractivity contribution in [3.63, 3.8) is 0 Å². The van der Waals surface area contributed by atoms with Gasteiger partial charge in [-0.05, 0) is 24.1 Å². The molecule has 0 heterocycles. The Bertz CT molecular complexity index is 448. The smallest absolute Gasteiger partial charge is 0.264 e. The van der Waals surface area contributed by atoms with Crippen LogP contribution in [0.3, 0.4) is 0 Å². The summed E-state index contributed by atoms with van der Waals surface area (Å²) in [6.45, 7) is 1.93. The normalized spacial score (nSPS) is 9.53. The third-order valence-corrected chi connectivity index (χ3v) is 2.77. The van der Waals surface area contributed by atoms with Crippen LogP contribution in [0.4, 0.5) is 0 Å². The van der Waals surface area contributed by atoms with Crippen LogP contribution >= 0.6 is 27.5 Å². The van der Waals surface area contributed by atoms with Crippen LogP contribution in [0.25, 0.3) is 5.57 Å². The lowest BCUT2D eigenvalue weighted by molar-refractivity contribution is -0.106. The van der Waals surface area contributed by atoms with Gasteiger partial charge in [-0.2, -0.15) is 0 Å². The standard InChI is InChI=1S/C11H8BrClO2/c1-7-2-3-9(8(4-7)5-12)10(6-14)11(13)15/h2-4H,5H2,1H3. The van der Waals surface area contributed by atoms with E-state index in [0.29, 0.717) is 10.9 Å². The zero-order valence-corrected chi connectivity index (χ0v) is 10.4. The van der Waals surface area contributed by atoms with Crippen molar-refractivity contribution < 1.29 is 9.59 Å². The molecule has 0 bridgehead atoms. The number of carbonyl (C=O) groups excluding carboxylic acids is 2. The lowest BCUT2D eigenvalue weighted by atomic mass is 10.0. The highest BCUT2D eigenvalue weighted by Gasteiger charge is 2.14. The fraction of sp³-hybridized carbons (Fsp3) is 0.182. The van der Waals surface area contributed by atoms with E-state index >= 15 is 0 Å². The number of benzene rings is 1. The molecule has 15 heavy (non-hydrogen) atoms. The summed E-state index contributed by atoms with van der Waals surface area (Å²) in [4.78, 5) is 21.6. The molecule has 0 aliphatic rings. The molecule has 0 radical (unpaired) electrons. The molecule has 0 atom stereocenters. The van der Waals surface area contributed by atoms with Gasteiger partial charge in [0.2, 0.25) is 0 Å². The molecule has 0 saturated carbocycles. The van der Waals surface area contributed by atoms with Gasteiger partial charge in [0, 0.05) is 10.9 Å².